The molecular weight excluding hydrogens is 477 g/mol. The van der Waals surface area contributed by atoms with E-state index in [9.17, 15) is 19.1 Å². The van der Waals surface area contributed by atoms with E-state index in [1.54, 1.807) is 18.7 Å². The second-order valence-corrected chi connectivity index (χ2v) is 8.89. The summed E-state index contributed by atoms with van der Waals surface area (Å²) in [4.78, 5) is 35.4. The van der Waals surface area contributed by atoms with Gasteiger partial charge in [0, 0.05) is 38.0 Å². The molecule has 1 unspecified atom stereocenters. The molecule has 1 aliphatic heterocycles. The van der Waals surface area contributed by atoms with E-state index in [0.717, 1.165) is 17.3 Å². The molecule has 1 aliphatic rings. The minimum absolute atomic E-state index is 0.0351. The van der Waals surface area contributed by atoms with Crippen molar-refractivity contribution in [3.05, 3.63) is 74.3 Å². The molecule has 0 aliphatic carbocycles. The van der Waals surface area contributed by atoms with Crippen molar-refractivity contribution >= 4 is 40.1 Å². The number of halogens is 2. The average molecular weight is 498 g/mol. The number of nitrogens with one attached hydrogen (secondary N) is 1. The number of benzene rings is 1. The van der Waals surface area contributed by atoms with Crippen molar-refractivity contribution in [3.63, 3.8) is 0 Å². The Hall–Kier alpha value is -3.99. The van der Waals surface area contributed by atoms with E-state index in [-0.39, 0.29) is 27.5 Å². The third kappa shape index (κ3) is 3.97. The number of nitrogens with zero attached hydrogens (tertiary/aromatic N) is 6. The Morgan fingerprint density at radius 3 is 2.71 bits per heavy atom. The van der Waals surface area contributed by atoms with Crippen molar-refractivity contribution in [2.24, 2.45) is 14.1 Å². The van der Waals surface area contributed by atoms with E-state index in [4.69, 9.17) is 16.6 Å². The Balaban J connectivity index is 1.59. The molecule has 10 nitrogen and oxygen atoms in total. The van der Waals surface area contributed by atoms with Crippen LogP contribution in [-0.2, 0) is 27.2 Å². The Kier molecular flexibility index (Phi) is 5.43. The van der Waals surface area contributed by atoms with Gasteiger partial charge in [0.05, 0.1) is 34.9 Å². The summed E-state index contributed by atoms with van der Waals surface area (Å²) in [6.07, 6.45) is 1.93. The number of carboxylic acid groups (broad SMARTS) is 1. The minimum Gasteiger partial charge on any atom is -0.476 e. The normalized spacial score (nSPS) is 13.8. The first-order chi connectivity index (χ1) is 16.6. The second kappa shape index (κ2) is 8.35. The predicted octanol–water partition coefficient (Wildman–Crippen LogP) is 3.25. The fourth-order valence-electron chi connectivity index (χ4n) is 4.43. The number of hydrogen-bond donors (Lipinski definition) is 2. The second-order valence-electron chi connectivity index (χ2n) is 8.50. The number of carboxylic acids is 1. The highest BCUT2D eigenvalue weighted by Crippen LogP contribution is 2.31. The molecule has 0 saturated carbocycles. The third-order valence-electron chi connectivity index (χ3n) is 6.03. The molecule has 5 rings (SSSR count). The van der Waals surface area contributed by atoms with Crippen LogP contribution >= 0.6 is 11.6 Å². The van der Waals surface area contributed by atoms with Crippen LogP contribution in [0.2, 0.25) is 5.15 Å². The zero-order chi connectivity index (χ0) is 25.0. The van der Waals surface area contributed by atoms with Crippen LogP contribution in [0.4, 0.5) is 16.0 Å². The van der Waals surface area contributed by atoms with Crippen LogP contribution in [0.25, 0.3) is 10.9 Å². The fourth-order valence-corrected chi connectivity index (χ4v) is 4.57. The number of fused-ring (bicyclic) bond motifs is 2. The first-order valence-electron chi connectivity index (χ1n) is 10.7. The molecule has 4 heterocycles. The molecule has 0 radical (unpaired) electrons. The number of aryl methyl sites for hydroxylation is 1. The lowest BCUT2D eigenvalue weighted by molar-refractivity contribution is 0.0691. The van der Waals surface area contributed by atoms with Crippen LogP contribution in [0, 0.1) is 5.82 Å². The van der Waals surface area contributed by atoms with Crippen LogP contribution in [-0.4, -0.2) is 35.4 Å². The maximum absolute atomic E-state index is 14.6. The molecule has 0 amide bonds. The Labute approximate surface area is 203 Å². The summed E-state index contributed by atoms with van der Waals surface area (Å²) in [7, 11) is 3.46. The summed E-state index contributed by atoms with van der Waals surface area (Å²) in [6, 6.07) is 4.79. The highest BCUT2D eigenvalue weighted by Gasteiger charge is 2.27. The number of hydrogen-bond acceptors (Lipinski definition) is 7. The van der Waals surface area contributed by atoms with Gasteiger partial charge >= 0.3 is 5.97 Å². The maximum atomic E-state index is 14.6. The molecule has 3 aromatic heterocycles. The van der Waals surface area contributed by atoms with Gasteiger partial charge in [0.25, 0.3) is 5.56 Å². The van der Waals surface area contributed by atoms with Gasteiger partial charge in [-0.3, -0.25) is 14.0 Å². The third-order valence-corrected chi connectivity index (χ3v) is 6.24. The Bertz CT molecular complexity index is 1540. The van der Waals surface area contributed by atoms with Gasteiger partial charge in [0.15, 0.2) is 5.69 Å². The van der Waals surface area contributed by atoms with Crippen molar-refractivity contribution in [2.75, 3.05) is 10.2 Å². The number of carbonyl (C=O) groups is 1. The molecule has 2 N–H and O–H groups in total. The predicted molar refractivity (Wildman–Crippen MR) is 128 cm³/mol. The van der Waals surface area contributed by atoms with Gasteiger partial charge < -0.3 is 15.3 Å². The molecule has 4 aromatic rings. The largest absolute Gasteiger partial charge is 0.476 e. The summed E-state index contributed by atoms with van der Waals surface area (Å²) < 4.78 is 17.8. The molecule has 1 aromatic carbocycles. The molecular formula is C23H21ClFN7O3. The molecule has 12 heteroatoms. The van der Waals surface area contributed by atoms with E-state index in [1.807, 2.05) is 18.1 Å². The van der Waals surface area contributed by atoms with Crippen molar-refractivity contribution < 1.29 is 14.3 Å². The van der Waals surface area contributed by atoms with Gasteiger partial charge in [0.1, 0.15) is 11.0 Å². The minimum atomic E-state index is -1.26. The van der Waals surface area contributed by atoms with E-state index in [2.05, 4.69) is 15.4 Å². The van der Waals surface area contributed by atoms with Crippen LogP contribution in [0.1, 0.15) is 40.3 Å². The molecule has 0 spiro atoms. The van der Waals surface area contributed by atoms with Gasteiger partial charge in [0.2, 0.25) is 5.95 Å². The smallest absolute Gasteiger partial charge is 0.356 e. The summed E-state index contributed by atoms with van der Waals surface area (Å²) >= 11 is 5.85. The SMILES string of the molecule is CC(Nc1ccc(Cl)nc1C(=O)O)c1cc(F)cc2c(=O)n(C)c(N3Cc4cn(C)nc4C3)nc12. The number of pyridine rings is 1. The first-order valence-corrected chi connectivity index (χ1v) is 11.1. The molecule has 0 fully saturated rings. The monoisotopic (exact) mass is 497 g/mol. The van der Waals surface area contributed by atoms with Crippen LogP contribution in [0.3, 0.4) is 0 Å². The zero-order valence-electron chi connectivity index (χ0n) is 19.1. The highest BCUT2D eigenvalue weighted by molar-refractivity contribution is 6.29. The van der Waals surface area contributed by atoms with Crippen molar-refractivity contribution in [1.29, 1.82) is 0 Å². The molecule has 0 bridgehead atoms. The zero-order valence-corrected chi connectivity index (χ0v) is 19.8. The van der Waals surface area contributed by atoms with E-state index < -0.39 is 17.8 Å². The van der Waals surface area contributed by atoms with Gasteiger partial charge in [-0.25, -0.2) is 19.2 Å². The number of aromatic nitrogens is 5. The van der Waals surface area contributed by atoms with E-state index in [0.29, 0.717) is 30.1 Å². The average Bonchev–Trinajstić information content (AvgIpc) is 3.34. The molecule has 0 saturated heterocycles. The summed E-state index contributed by atoms with van der Waals surface area (Å²) in [5, 5.41) is 17.2. The lowest BCUT2D eigenvalue weighted by atomic mass is 10.0. The summed E-state index contributed by atoms with van der Waals surface area (Å²) in [5.41, 5.74) is 2.24. The van der Waals surface area contributed by atoms with E-state index in [1.165, 1.54) is 22.8 Å². The first kappa shape index (κ1) is 22.8. The summed E-state index contributed by atoms with van der Waals surface area (Å²) in [6.45, 7) is 2.76. The summed E-state index contributed by atoms with van der Waals surface area (Å²) in [5.74, 6) is -1.43. The van der Waals surface area contributed by atoms with E-state index >= 15 is 0 Å². The maximum Gasteiger partial charge on any atom is 0.356 e. The topological polar surface area (TPSA) is 118 Å². The molecule has 180 valence electrons. The van der Waals surface area contributed by atoms with Crippen LogP contribution in [0.15, 0.2) is 35.3 Å². The quantitative estimate of drug-likeness (QED) is 0.403. The number of aromatic carboxylic acids is 1. The number of anilines is 2. The fraction of sp³-hybridized carbons (Fsp3) is 0.261. The lowest BCUT2D eigenvalue weighted by Gasteiger charge is -2.22. The van der Waals surface area contributed by atoms with Crippen molar-refractivity contribution in [1.82, 2.24) is 24.3 Å². The van der Waals surface area contributed by atoms with Crippen molar-refractivity contribution in [3.8, 4) is 0 Å². The molecule has 35 heavy (non-hydrogen) atoms. The van der Waals surface area contributed by atoms with Crippen LogP contribution in [0.5, 0.6) is 0 Å². The van der Waals surface area contributed by atoms with Gasteiger partial charge in [-0.05, 0) is 31.2 Å². The Morgan fingerprint density at radius 2 is 2.00 bits per heavy atom. The molecule has 1 atom stereocenters. The lowest BCUT2D eigenvalue weighted by Crippen LogP contribution is -2.29. The van der Waals surface area contributed by atoms with Crippen molar-refractivity contribution in [2.45, 2.75) is 26.1 Å². The Morgan fingerprint density at radius 1 is 1.23 bits per heavy atom. The van der Waals surface area contributed by atoms with Gasteiger partial charge in [-0.1, -0.05) is 11.6 Å². The van der Waals surface area contributed by atoms with Gasteiger partial charge in [-0.15, -0.1) is 0 Å². The van der Waals surface area contributed by atoms with Gasteiger partial charge in [-0.2, -0.15) is 5.10 Å². The number of rotatable bonds is 5. The highest BCUT2D eigenvalue weighted by atomic mass is 35.5. The standard InChI is InChI=1S/C23H21ClFN7O3/c1-11(26-16-4-5-18(24)27-20(16)22(34)35)14-6-13(25)7-15-19(14)28-23(31(3)21(15)33)32-9-12-8-30(2)29-17(12)10-32/h4-8,11,26H,9-10H2,1-3H3,(H,34,35). The van der Waals surface area contributed by atoms with Crippen LogP contribution < -0.4 is 15.8 Å².